The number of para-hydroxylation sites is 1. The van der Waals surface area contributed by atoms with E-state index in [1.54, 1.807) is 0 Å². The van der Waals surface area contributed by atoms with Crippen LogP contribution in [0.25, 0.3) is 10.9 Å². The summed E-state index contributed by atoms with van der Waals surface area (Å²) in [5.41, 5.74) is 6.81. The van der Waals surface area contributed by atoms with E-state index in [4.69, 9.17) is 5.73 Å². The van der Waals surface area contributed by atoms with E-state index >= 15 is 0 Å². The van der Waals surface area contributed by atoms with Gasteiger partial charge in [0.2, 0.25) is 5.91 Å². The number of aromatic nitrogens is 2. The first kappa shape index (κ1) is 19.4. The van der Waals surface area contributed by atoms with E-state index in [1.165, 1.54) is 32.1 Å². The van der Waals surface area contributed by atoms with Gasteiger partial charge in [-0.3, -0.25) is 14.3 Å². The molecule has 0 saturated heterocycles. The van der Waals surface area contributed by atoms with Gasteiger partial charge in [-0.15, -0.1) is 0 Å². The van der Waals surface area contributed by atoms with Gasteiger partial charge in [-0.25, -0.2) is 0 Å². The summed E-state index contributed by atoms with van der Waals surface area (Å²) in [6.07, 6.45) is 8.63. The Labute approximate surface area is 160 Å². The third kappa shape index (κ3) is 4.67. The third-order valence-corrected chi connectivity index (χ3v) is 5.52. The van der Waals surface area contributed by atoms with Crippen molar-refractivity contribution in [2.45, 2.75) is 70.9 Å². The zero-order chi connectivity index (χ0) is 19.2. The van der Waals surface area contributed by atoms with Crippen LogP contribution in [-0.2, 0) is 11.3 Å². The van der Waals surface area contributed by atoms with Crippen molar-refractivity contribution in [1.29, 1.82) is 0 Å². The van der Waals surface area contributed by atoms with E-state index in [-0.39, 0.29) is 5.91 Å². The summed E-state index contributed by atoms with van der Waals surface area (Å²) < 4.78 is 1.96. The molecule has 2 aromatic rings. The van der Waals surface area contributed by atoms with Gasteiger partial charge in [-0.1, -0.05) is 57.2 Å². The van der Waals surface area contributed by atoms with E-state index in [9.17, 15) is 9.59 Å². The molecular formula is C21H30N4O2. The SMILES string of the molecule is CCCC[C@H](NC(=O)c1nn(CC2CCCCC2)c2ccccc12)C(N)=O. The van der Waals surface area contributed by atoms with Crippen LogP contribution in [0.5, 0.6) is 0 Å². The maximum Gasteiger partial charge on any atom is 0.273 e. The van der Waals surface area contributed by atoms with Gasteiger partial charge in [0.1, 0.15) is 6.04 Å². The van der Waals surface area contributed by atoms with E-state index in [0.717, 1.165) is 30.3 Å². The summed E-state index contributed by atoms with van der Waals surface area (Å²) in [6, 6.07) is 7.15. The molecule has 1 aliphatic carbocycles. The molecule has 0 bridgehead atoms. The highest BCUT2D eigenvalue weighted by molar-refractivity contribution is 6.06. The Balaban J connectivity index is 1.82. The van der Waals surface area contributed by atoms with Crippen LogP contribution in [0.1, 0.15) is 68.8 Å². The molecular weight excluding hydrogens is 340 g/mol. The molecule has 1 heterocycles. The molecule has 6 heteroatoms. The Hall–Kier alpha value is -2.37. The van der Waals surface area contributed by atoms with Crippen LogP contribution in [0.15, 0.2) is 24.3 Å². The molecule has 1 aromatic carbocycles. The van der Waals surface area contributed by atoms with Crippen LogP contribution < -0.4 is 11.1 Å². The quantitative estimate of drug-likeness (QED) is 0.746. The lowest BCUT2D eigenvalue weighted by atomic mass is 9.89. The van der Waals surface area contributed by atoms with Crippen LogP contribution in [0.4, 0.5) is 0 Å². The molecule has 2 amide bonds. The average molecular weight is 370 g/mol. The van der Waals surface area contributed by atoms with Crippen molar-refractivity contribution in [2.75, 3.05) is 0 Å². The number of hydrogen-bond donors (Lipinski definition) is 2. The number of nitrogens with two attached hydrogens (primary N) is 1. The first-order valence-corrected chi connectivity index (χ1v) is 10.2. The van der Waals surface area contributed by atoms with Gasteiger partial charge >= 0.3 is 0 Å². The highest BCUT2D eigenvalue weighted by Crippen LogP contribution is 2.27. The second-order valence-corrected chi connectivity index (χ2v) is 7.62. The van der Waals surface area contributed by atoms with Crippen molar-refractivity contribution in [3.8, 4) is 0 Å². The number of nitrogens with zero attached hydrogens (tertiary/aromatic N) is 2. The van der Waals surface area contributed by atoms with Gasteiger partial charge < -0.3 is 11.1 Å². The van der Waals surface area contributed by atoms with Gasteiger partial charge in [0.25, 0.3) is 5.91 Å². The van der Waals surface area contributed by atoms with Crippen LogP contribution in [0.2, 0.25) is 0 Å². The van der Waals surface area contributed by atoms with Crippen molar-refractivity contribution in [2.24, 2.45) is 11.7 Å². The maximum absolute atomic E-state index is 12.8. The topological polar surface area (TPSA) is 90.0 Å². The molecule has 3 N–H and O–H groups in total. The first-order chi connectivity index (χ1) is 13.1. The van der Waals surface area contributed by atoms with E-state index < -0.39 is 11.9 Å². The Morgan fingerprint density at radius 2 is 2.00 bits per heavy atom. The Bertz CT molecular complexity index is 793. The normalized spacial score (nSPS) is 16.3. The molecule has 1 aromatic heterocycles. The summed E-state index contributed by atoms with van der Waals surface area (Å²) in [6.45, 7) is 2.88. The van der Waals surface area contributed by atoms with Gasteiger partial charge in [0, 0.05) is 11.9 Å². The predicted octanol–water partition coefficient (Wildman–Crippen LogP) is 3.39. The van der Waals surface area contributed by atoms with Crippen LogP contribution >= 0.6 is 0 Å². The highest BCUT2D eigenvalue weighted by Gasteiger charge is 2.24. The molecule has 0 radical (unpaired) electrons. The minimum Gasteiger partial charge on any atom is -0.368 e. The van der Waals surface area contributed by atoms with Crippen LogP contribution in [0.3, 0.4) is 0 Å². The fourth-order valence-electron chi connectivity index (χ4n) is 3.97. The first-order valence-electron chi connectivity index (χ1n) is 10.2. The highest BCUT2D eigenvalue weighted by atomic mass is 16.2. The lowest BCUT2D eigenvalue weighted by Crippen LogP contribution is -2.44. The fourth-order valence-corrected chi connectivity index (χ4v) is 3.97. The fraction of sp³-hybridized carbons (Fsp3) is 0.571. The van der Waals surface area contributed by atoms with E-state index in [0.29, 0.717) is 18.0 Å². The zero-order valence-corrected chi connectivity index (χ0v) is 16.1. The second-order valence-electron chi connectivity index (χ2n) is 7.62. The molecule has 146 valence electrons. The monoisotopic (exact) mass is 370 g/mol. The number of hydrogen-bond acceptors (Lipinski definition) is 3. The zero-order valence-electron chi connectivity index (χ0n) is 16.1. The van der Waals surface area contributed by atoms with Crippen LogP contribution in [-0.4, -0.2) is 27.6 Å². The van der Waals surface area contributed by atoms with Gasteiger partial charge in [-0.2, -0.15) is 5.10 Å². The summed E-state index contributed by atoms with van der Waals surface area (Å²) in [5.74, 6) is -0.211. The lowest BCUT2D eigenvalue weighted by Gasteiger charge is -2.21. The largest absolute Gasteiger partial charge is 0.368 e. The minimum atomic E-state index is -0.653. The predicted molar refractivity (Wildman–Crippen MR) is 106 cm³/mol. The summed E-state index contributed by atoms with van der Waals surface area (Å²) in [4.78, 5) is 24.5. The van der Waals surface area contributed by atoms with Gasteiger partial charge in [-0.05, 0) is 31.2 Å². The molecule has 1 aliphatic rings. The molecule has 6 nitrogen and oxygen atoms in total. The minimum absolute atomic E-state index is 0.325. The molecule has 1 saturated carbocycles. The Kier molecular flexibility index (Phi) is 6.48. The molecule has 1 fully saturated rings. The number of benzene rings is 1. The number of carbonyl (C=O) groups is 2. The number of primary amides is 1. The molecule has 1 atom stereocenters. The van der Waals surface area contributed by atoms with E-state index in [1.807, 2.05) is 35.9 Å². The third-order valence-electron chi connectivity index (χ3n) is 5.52. The number of fused-ring (bicyclic) bond motifs is 1. The average Bonchev–Trinajstić information content (AvgIpc) is 3.04. The van der Waals surface area contributed by atoms with Crippen LogP contribution in [0, 0.1) is 5.92 Å². The summed E-state index contributed by atoms with van der Waals surface area (Å²) >= 11 is 0. The number of nitrogens with one attached hydrogen (secondary N) is 1. The Morgan fingerprint density at radius 3 is 2.70 bits per heavy atom. The van der Waals surface area contributed by atoms with Gasteiger partial charge in [0.15, 0.2) is 5.69 Å². The van der Waals surface area contributed by atoms with Crippen molar-refractivity contribution >= 4 is 22.7 Å². The van der Waals surface area contributed by atoms with Crippen molar-refractivity contribution in [3.05, 3.63) is 30.0 Å². The van der Waals surface area contributed by atoms with Crippen molar-refractivity contribution < 1.29 is 9.59 Å². The van der Waals surface area contributed by atoms with E-state index in [2.05, 4.69) is 10.4 Å². The molecule has 0 aliphatic heterocycles. The summed E-state index contributed by atoms with van der Waals surface area (Å²) in [7, 11) is 0. The second kappa shape index (κ2) is 9.02. The van der Waals surface area contributed by atoms with Crippen molar-refractivity contribution in [1.82, 2.24) is 15.1 Å². The standard InChI is InChI=1S/C21H30N4O2/c1-2-3-12-17(20(22)26)23-21(27)19-16-11-7-8-13-18(16)25(24-19)14-15-9-5-4-6-10-15/h7-8,11,13,15,17H,2-6,9-10,12,14H2,1H3,(H2,22,26)(H,23,27)/t17-/m0/s1. The number of unbranched alkanes of at least 4 members (excludes halogenated alkanes) is 1. The smallest absolute Gasteiger partial charge is 0.273 e. The van der Waals surface area contributed by atoms with Gasteiger partial charge in [0.05, 0.1) is 5.52 Å². The molecule has 0 unspecified atom stereocenters. The Morgan fingerprint density at radius 1 is 1.26 bits per heavy atom. The molecule has 0 spiro atoms. The molecule has 27 heavy (non-hydrogen) atoms. The summed E-state index contributed by atoms with van der Waals surface area (Å²) in [5, 5.41) is 8.24. The molecule has 3 rings (SSSR count). The number of rotatable bonds is 8. The number of amides is 2. The maximum atomic E-state index is 12.8. The lowest BCUT2D eigenvalue weighted by molar-refractivity contribution is -0.120. The number of carbonyl (C=O) groups excluding carboxylic acids is 2. The van der Waals surface area contributed by atoms with Crippen molar-refractivity contribution in [3.63, 3.8) is 0 Å².